The number of amides is 2. The molecule has 8 heteroatoms. The van der Waals surface area contributed by atoms with E-state index >= 15 is 0 Å². The van der Waals surface area contributed by atoms with Crippen LogP contribution >= 0.6 is 12.4 Å². The molecule has 1 aliphatic heterocycles. The van der Waals surface area contributed by atoms with Gasteiger partial charge in [-0.25, -0.2) is 0 Å². The van der Waals surface area contributed by atoms with Crippen LogP contribution in [0.1, 0.15) is 36.0 Å². The van der Waals surface area contributed by atoms with Crippen molar-refractivity contribution in [2.24, 2.45) is 5.73 Å². The number of nitrogens with zero attached hydrogens (tertiary/aromatic N) is 2. The van der Waals surface area contributed by atoms with Gasteiger partial charge < -0.3 is 25.0 Å². The van der Waals surface area contributed by atoms with Crippen LogP contribution in [0.3, 0.4) is 0 Å². The zero-order valence-electron chi connectivity index (χ0n) is 15.9. The minimum atomic E-state index is -0.703. The van der Waals surface area contributed by atoms with E-state index in [1.807, 2.05) is 0 Å². The van der Waals surface area contributed by atoms with Crippen molar-refractivity contribution in [2.75, 3.05) is 40.4 Å². The Morgan fingerprint density at radius 3 is 2.15 bits per heavy atom. The molecule has 2 N–H and O–H groups in total. The number of nitrogens with two attached hydrogens (primary N) is 1. The fraction of sp³-hybridized carbons (Fsp3) is 0.579. The molecule has 1 saturated carbocycles. The van der Waals surface area contributed by atoms with Gasteiger partial charge in [0.25, 0.3) is 5.91 Å². The molecule has 27 heavy (non-hydrogen) atoms. The summed E-state index contributed by atoms with van der Waals surface area (Å²) in [5.41, 5.74) is 6.08. The number of benzene rings is 1. The largest absolute Gasteiger partial charge is 0.497 e. The van der Waals surface area contributed by atoms with Crippen molar-refractivity contribution in [3.8, 4) is 11.5 Å². The van der Waals surface area contributed by atoms with Gasteiger partial charge in [0.05, 0.1) is 25.3 Å². The number of carbonyl (C=O) groups excluding carboxylic acids is 2. The topological polar surface area (TPSA) is 85.1 Å². The van der Waals surface area contributed by atoms with E-state index in [9.17, 15) is 9.59 Å². The summed E-state index contributed by atoms with van der Waals surface area (Å²) in [5.74, 6) is 1.06. The Kier molecular flexibility index (Phi) is 6.95. The Morgan fingerprint density at radius 1 is 1.00 bits per heavy atom. The lowest BCUT2D eigenvalue weighted by atomic mass is 9.97. The van der Waals surface area contributed by atoms with Crippen molar-refractivity contribution in [2.45, 2.75) is 31.2 Å². The molecule has 7 nitrogen and oxygen atoms in total. The van der Waals surface area contributed by atoms with E-state index in [1.54, 1.807) is 35.1 Å². The first-order chi connectivity index (χ1) is 12.5. The van der Waals surface area contributed by atoms with E-state index in [-0.39, 0.29) is 24.2 Å². The second kappa shape index (κ2) is 8.80. The molecule has 0 aromatic heterocycles. The number of ether oxygens (including phenoxy) is 2. The summed E-state index contributed by atoms with van der Waals surface area (Å²) in [6, 6.07) is 5.16. The Labute approximate surface area is 166 Å². The van der Waals surface area contributed by atoms with Crippen LogP contribution in [0.25, 0.3) is 0 Å². The van der Waals surface area contributed by atoms with Crippen molar-refractivity contribution in [3.63, 3.8) is 0 Å². The van der Waals surface area contributed by atoms with E-state index in [2.05, 4.69) is 0 Å². The van der Waals surface area contributed by atoms with Crippen LogP contribution < -0.4 is 15.2 Å². The molecule has 0 bridgehead atoms. The molecule has 2 amide bonds. The quantitative estimate of drug-likeness (QED) is 0.835. The average molecular weight is 398 g/mol. The van der Waals surface area contributed by atoms with E-state index in [0.717, 1.165) is 25.7 Å². The van der Waals surface area contributed by atoms with E-state index < -0.39 is 5.54 Å². The lowest BCUT2D eigenvalue weighted by molar-refractivity contribution is -0.138. The molecule has 150 valence electrons. The van der Waals surface area contributed by atoms with E-state index in [1.165, 1.54) is 7.11 Å². The summed E-state index contributed by atoms with van der Waals surface area (Å²) in [4.78, 5) is 29.1. The van der Waals surface area contributed by atoms with Crippen molar-refractivity contribution in [1.82, 2.24) is 9.80 Å². The molecule has 2 fully saturated rings. The summed E-state index contributed by atoms with van der Waals surface area (Å²) in [6.07, 6.45) is 3.54. The average Bonchev–Trinajstić information content (AvgIpc) is 3.14. The predicted octanol–water partition coefficient (Wildman–Crippen LogP) is 1.68. The van der Waals surface area contributed by atoms with Crippen LogP contribution in [0, 0.1) is 0 Å². The Bertz CT molecular complexity index is 684. The van der Waals surface area contributed by atoms with Gasteiger partial charge in [-0.2, -0.15) is 0 Å². The first kappa shape index (κ1) is 21.3. The van der Waals surface area contributed by atoms with Gasteiger partial charge >= 0.3 is 0 Å². The highest BCUT2D eigenvalue weighted by molar-refractivity contribution is 5.97. The summed E-state index contributed by atoms with van der Waals surface area (Å²) < 4.78 is 10.5. The van der Waals surface area contributed by atoms with Crippen molar-refractivity contribution >= 4 is 24.2 Å². The molecule has 0 atom stereocenters. The molecule has 2 aliphatic rings. The van der Waals surface area contributed by atoms with Gasteiger partial charge in [-0.1, -0.05) is 12.8 Å². The standard InChI is InChI=1S/C19H27N3O4.ClH/c1-25-14-5-6-15(16(13-14)26-2)17(23)21-9-11-22(12-10-21)18(24)19(20)7-3-4-8-19;/h5-6,13H,3-4,7-12,20H2,1-2H3;1H. The maximum Gasteiger partial charge on any atom is 0.257 e. The summed E-state index contributed by atoms with van der Waals surface area (Å²) in [7, 11) is 3.10. The second-order valence-corrected chi connectivity index (χ2v) is 7.01. The highest BCUT2D eigenvalue weighted by Crippen LogP contribution is 2.30. The minimum absolute atomic E-state index is 0. The molecular weight excluding hydrogens is 370 g/mol. The van der Waals surface area contributed by atoms with Crippen LogP contribution in [-0.4, -0.2) is 67.6 Å². The fourth-order valence-electron chi connectivity index (χ4n) is 3.79. The van der Waals surface area contributed by atoms with Crippen molar-refractivity contribution < 1.29 is 19.1 Å². The lowest BCUT2D eigenvalue weighted by Gasteiger charge is -2.38. The van der Waals surface area contributed by atoms with E-state index in [0.29, 0.717) is 43.2 Å². The molecule has 3 rings (SSSR count). The normalized spacial score (nSPS) is 18.6. The van der Waals surface area contributed by atoms with Gasteiger partial charge in [0.2, 0.25) is 5.91 Å². The van der Waals surface area contributed by atoms with Crippen LogP contribution in [0.2, 0.25) is 0 Å². The first-order valence-corrected chi connectivity index (χ1v) is 9.08. The number of carbonyl (C=O) groups is 2. The Balaban J connectivity index is 0.00000261. The monoisotopic (exact) mass is 397 g/mol. The zero-order chi connectivity index (χ0) is 18.7. The van der Waals surface area contributed by atoms with Gasteiger partial charge in [-0.3, -0.25) is 9.59 Å². The van der Waals surface area contributed by atoms with Crippen LogP contribution in [0.4, 0.5) is 0 Å². The van der Waals surface area contributed by atoms with E-state index in [4.69, 9.17) is 15.2 Å². The molecule has 1 aromatic carbocycles. The number of hydrogen-bond donors (Lipinski definition) is 1. The third kappa shape index (κ3) is 4.30. The zero-order valence-corrected chi connectivity index (χ0v) is 16.7. The maximum atomic E-state index is 12.9. The summed E-state index contributed by atoms with van der Waals surface area (Å²) in [6.45, 7) is 2.02. The van der Waals surface area contributed by atoms with Crippen molar-refractivity contribution in [3.05, 3.63) is 23.8 Å². The number of halogens is 1. The third-order valence-electron chi connectivity index (χ3n) is 5.41. The van der Waals surface area contributed by atoms with Gasteiger partial charge in [0.15, 0.2) is 0 Å². The lowest BCUT2D eigenvalue weighted by Crippen LogP contribution is -2.59. The highest BCUT2D eigenvalue weighted by atomic mass is 35.5. The van der Waals surface area contributed by atoms with Crippen LogP contribution in [-0.2, 0) is 4.79 Å². The maximum absolute atomic E-state index is 12.9. The van der Waals surface area contributed by atoms with Gasteiger partial charge in [0.1, 0.15) is 11.5 Å². The molecular formula is C19H28ClN3O4. The SMILES string of the molecule is COc1ccc(C(=O)N2CCN(C(=O)C3(N)CCCC3)CC2)c(OC)c1.Cl. The molecule has 0 spiro atoms. The Hall–Kier alpha value is -1.99. The van der Waals surface area contributed by atoms with Gasteiger partial charge in [-0.15, -0.1) is 12.4 Å². The fourth-order valence-corrected chi connectivity index (χ4v) is 3.79. The number of hydrogen-bond acceptors (Lipinski definition) is 5. The molecule has 1 aliphatic carbocycles. The van der Waals surface area contributed by atoms with Crippen LogP contribution in [0.15, 0.2) is 18.2 Å². The predicted molar refractivity (Wildman–Crippen MR) is 105 cm³/mol. The summed E-state index contributed by atoms with van der Waals surface area (Å²) >= 11 is 0. The minimum Gasteiger partial charge on any atom is -0.497 e. The van der Waals surface area contributed by atoms with Crippen molar-refractivity contribution in [1.29, 1.82) is 0 Å². The van der Waals surface area contributed by atoms with Crippen LogP contribution in [0.5, 0.6) is 11.5 Å². The Morgan fingerprint density at radius 2 is 1.59 bits per heavy atom. The third-order valence-corrected chi connectivity index (χ3v) is 5.41. The number of methoxy groups -OCH3 is 2. The smallest absolute Gasteiger partial charge is 0.257 e. The first-order valence-electron chi connectivity index (χ1n) is 9.08. The molecule has 1 saturated heterocycles. The highest BCUT2D eigenvalue weighted by Gasteiger charge is 2.41. The molecule has 1 aromatic rings. The molecule has 0 unspecified atom stereocenters. The molecule has 0 radical (unpaired) electrons. The summed E-state index contributed by atoms with van der Waals surface area (Å²) in [5, 5.41) is 0. The van der Waals surface area contributed by atoms with Gasteiger partial charge in [-0.05, 0) is 25.0 Å². The number of rotatable bonds is 4. The second-order valence-electron chi connectivity index (χ2n) is 7.01. The molecule has 1 heterocycles. The number of piperazine rings is 1. The van der Waals surface area contributed by atoms with Gasteiger partial charge in [0, 0.05) is 32.2 Å².